The first-order chi connectivity index (χ1) is 9.60. The number of hydrogen-bond donors (Lipinski definition) is 4. The molecule has 2 unspecified atom stereocenters. The van der Waals surface area contributed by atoms with Crippen LogP contribution in [0.3, 0.4) is 0 Å². The molecule has 6 nitrogen and oxygen atoms in total. The largest absolute Gasteiger partial charge is 0.508 e. The monoisotopic (exact) mass is 277 g/mol. The van der Waals surface area contributed by atoms with Gasteiger partial charge in [-0.05, 0) is 30.5 Å². The predicted molar refractivity (Wildman–Crippen MR) is 74.5 cm³/mol. The molecule has 1 amide bonds. The Morgan fingerprint density at radius 2 is 2.25 bits per heavy atom. The van der Waals surface area contributed by atoms with Crippen molar-refractivity contribution >= 4 is 11.7 Å². The number of benzene rings is 1. The number of amidine groups is 1. The average Bonchev–Trinajstić information content (AvgIpc) is 2.85. The number of carbonyl (C=O) groups excluding carboxylic acids is 1. The molecule has 20 heavy (non-hydrogen) atoms. The molecule has 1 aliphatic carbocycles. The lowest BCUT2D eigenvalue weighted by molar-refractivity contribution is -0.121. The van der Waals surface area contributed by atoms with Gasteiger partial charge in [-0.15, -0.1) is 0 Å². The molecule has 6 heteroatoms. The predicted octanol–water partition coefficient (Wildman–Crippen LogP) is 0.966. The number of hydrogen-bond acceptors (Lipinski definition) is 4. The molecule has 108 valence electrons. The van der Waals surface area contributed by atoms with E-state index in [1.807, 2.05) is 0 Å². The minimum atomic E-state index is -0.127. The van der Waals surface area contributed by atoms with Crippen LogP contribution in [0, 0.1) is 5.92 Å². The molecule has 0 saturated heterocycles. The van der Waals surface area contributed by atoms with Gasteiger partial charge in [0.2, 0.25) is 5.91 Å². The van der Waals surface area contributed by atoms with Crippen LogP contribution < -0.4 is 11.1 Å². The summed E-state index contributed by atoms with van der Waals surface area (Å²) in [6.07, 6.45) is 2.78. The molecule has 1 saturated carbocycles. The van der Waals surface area contributed by atoms with Crippen molar-refractivity contribution in [1.82, 2.24) is 5.32 Å². The number of oxime groups is 1. The Balaban J connectivity index is 1.94. The molecule has 2 rings (SSSR count). The number of nitrogens with one attached hydrogen (secondary N) is 1. The van der Waals surface area contributed by atoms with E-state index in [0.717, 1.165) is 24.8 Å². The first kappa shape index (κ1) is 14.2. The van der Waals surface area contributed by atoms with Gasteiger partial charge in [0.1, 0.15) is 11.6 Å². The van der Waals surface area contributed by atoms with Gasteiger partial charge in [-0.25, -0.2) is 0 Å². The minimum Gasteiger partial charge on any atom is -0.508 e. The standard InChI is InChI=1S/C14H19N3O3/c15-14(17-20)11-5-2-6-12(11)16-13(19)8-9-3-1-4-10(18)7-9/h1,3-4,7,11-12,18,20H,2,5-6,8H2,(H2,15,17)(H,16,19). The molecule has 0 aromatic heterocycles. The quantitative estimate of drug-likeness (QED) is 0.284. The number of nitrogens with two attached hydrogens (primary N) is 1. The van der Waals surface area contributed by atoms with Crippen LogP contribution in [0.15, 0.2) is 29.4 Å². The van der Waals surface area contributed by atoms with Crippen LogP contribution in [-0.4, -0.2) is 28.1 Å². The fraction of sp³-hybridized carbons (Fsp3) is 0.429. The number of phenols is 1. The van der Waals surface area contributed by atoms with Crippen molar-refractivity contribution in [3.8, 4) is 5.75 Å². The summed E-state index contributed by atoms with van der Waals surface area (Å²) in [5, 5.41) is 24.1. The van der Waals surface area contributed by atoms with Gasteiger partial charge in [0.05, 0.1) is 6.42 Å². The molecule has 1 aromatic carbocycles. The first-order valence-electron chi connectivity index (χ1n) is 6.65. The van der Waals surface area contributed by atoms with Gasteiger partial charge in [0, 0.05) is 12.0 Å². The molecule has 0 aliphatic heterocycles. The number of rotatable bonds is 4. The van der Waals surface area contributed by atoms with Gasteiger partial charge < -0.3 is 21.4 Å². The summed E-state index contributed by atoms with van der Waals surface area (Å²) >= 11 is 0. The summed E-state index contributed by atoms with van der Waals surface area (Å²) in [6, 6.07) is 6.53. The topological polar surface area (TPSA) is 108 Å². The molecular formula is C14H19N3O3. The Bertz CT molecular complexity index is 516. The van der Waals surface area contributed by atoms with E-state index in [9.17, 15) is 9.90 Å². The smallest absolute Gasteiger partial charge is 0.224 e. The van der Waals surface area contributed by atoms with Gasteiger partial charge in [-0.3, -0.25) is 4.79 Å². The Morgan fingerprint density at radius 3 is 2.95 bits per heavy atom. The van der Waals surface area contributed by atoms with E-state index in [2.05, 4.69) is 10.5 Å². The van der Waals surface area contributed by atoms with Gasteiger partial charge in [-0.1, -0.05) is 23.7 Å². The fourth-order valence-electron chi connectivity index (χ4n) is 2.67. The van der Waals surface area contributed by atoms with Gasteiger partial charge in [-0.2, -0.15) is 0 Å². The number of amides is 1. The maximum absolute atomic E-state index is 12.0. The lowest BCUT2D eigenvalue weighted by atomic mass is 10.0. The summed E-state index contributed by atoms with van der Waals surface area (Å²) in [4.78, 5) is 12.0. The molecular weight excluding hydrogens is 258 g/mol. The second kappa shape index (κ2) is 6.27. The van der Waals surface area contributed by atoms with Crippen LogP contribution in [0.25, 0.3) is 0 Å². The van der Waals surface area contributed by atoms with Crippen LogP contribution in [0.5, 0.6) is 5.75 Å². The molecule has 0 radical (unpaired) electrons. The minimum absolute atomic E-state index is 0.0873. The van der Waals surface area contributed by atoms with Crippen LogP contribution in [-0.2, 0) is 11.2 Å². The van der Waals surface area contributed by atoms with E-state index >= 15 is 0 Å². The van der Waals surface area contributed by atoms with E-state index in [0.29, 0.717) is 0 Å². The van der Waals surface area contributed by atoms with Crippen LogP contribution in [0.4, 0.5) is 0 Å². The molecule has 1 fully saturated rings. The van der Waals surface area contributed by atoms with Crippen molar-refractivity contribution in [2.45, 2.75) is 31.7 Å². The zero-order valence-electron chi connectivity index (χ0n) is 11.1. The second-order valence-corrected chi connectivity index (χ2v) is 5.08. The number of nitrogens with zero attached hydrogens (tertiary/aromatic N) is 1. The van der Waals surface area contributed by atoms with E-state index in [1.54, 1.807) is 24.3 Å². The lowest BCUT2D eigenvalue weighted by Gasteiger charge is -2.19. The van der Waals surface area contributed by atoms with Crippen molar-refractivity contribution < 1.29 is 15.1 Å². The van der Waals surface area contributed by atoms with E-state index in [4.69, 9.17) is 10.9 Å². The summed E-state index contributed by atoms with van der Waals surface area (Å²) < 4.78 is 0. The molecule has 0 bridgehead atoms. The molecule has 1 aliphatic rings. The first-order valence-corrected chi connectivity index (χ1v) is 6.65. The highest BCUT2D eigenvalue weighted by Crippen LogP contribution is 2.26. The Kier molecular flexibility index (Phi) is 4.45. The molecule has 1 aromatic rings. The van der Waals surface area contributed by atoms with Crippen molar-refractivity contribution in [3.63, 3.8) is 0 Å². The average molecular weight is 277 g/mol. The van der Waals surface area contributed by atoms with Crippen molar-refractivity contribution in [2.24, 2.45) is 16.8 Å². The van der Waals surface area contributed by atoms with Crippen LogP contribution in [0.2, 0.25) is 0 Å². The van der Waals surface area contributed by atoms with Crippen LogP contribution in [0.1, 0.15) is 24.8 Å². The summed E-state index contributed by atoms with van der Waals surface area (Å²) in [6.45, 7) is 0. The van der Waals surface area contributed by atoms with E-state index in [-0.39, 0.29) is 35.9 Å². The summed E-state index contributed by atoms with van der Waals surface area (Å²) in [5.41, 5.74) is 6.38. The normalized spacial score (nSPS) is 22.7. The lowest BCUT2D eigenvalue weighted by Crippen LogP contribution is -2.43. The maximum Gasteiger partial charge on any atom is 0.224 e. The third-order valence-corrected chi connectivity index (χ3v) is 3.63. The highest BCUT2D eigenvalue weighted by molar-refractivity contribution is 5.85. The fourth-order valence-corrected chi connectivity index (χ4v) is 2.67. The number of aromatic hydroxyl groups is 1. The third-order valence-electron chi connectivity index (χ3n) is 3.63. The maximum atomic E-state index is 12.0. The summed E-state index contributed by atoms with van der Waals surface area (Å²) in [7, 11) is 0. The molecule has 2 atom stereocenters. The zero-order chi connectivity index (χ0) is 14.5. The van der Waals surface area contributed by atoms with Gasteiger partial charge in [0.25, 0.3) is 0 Å². The Hall–Kier alpha value is -2.24. The summed E-state index contributed by atoms with van der Waals surface area (Å²) in [5.74, 6) is 0.0854. The highest BCUT2D eigenvalue weighted by atomic mass is 16.4. The zero-order valence-corrected chi connectivity index (χ0v) is 11.1. The van der Waals surface area contributed by atoms with Gasteiger partial charge >= 0.3 is 0 Å². The van der Waals surface area contributed by atoms with E-state index < -0.39 is 0 Å². The van der Waals surface area contributed by atoms with Crippen molar-refractivity contribution in [3.05, 3.63) is 29.8 Å². The number of carbonyl (C=O) groups is 1. The molecule has 5 N–H and O–H groups in total. The molecule has 0 heterocycles. The van der Waals surface area contributed by atoms with E-state index in [1.165, 1.54) is 0 Å². The molecule has 0 spiro atoms. The Morgan fingerprint density at radius 1 is 1.45 bits per heavy atom. The third kappa shape index (κ3) is 3.40. The number of phenolic OH excluding ortho intramolecular Hbond substituents is 1. The Labute approximate surface area is 117 Å². The highest BCUT2D eigenvalue weighted by Gasteiger charge is 2.31. The van der Waals surface area contributed by atoms with Gasteiger partial charge in [0.15, 0.2) is 0 Å². The van der Waals surface area contributed by atoms with Crippen molar-refractivity contribution in [2.75, 3.05) is 0 Å². The SMILES string of the molecule is NC(=NO)C1CCCC1NC(=O)Cc1cccc(O)c1. The van der Waals surface area contributed by atoms with Crippen molar-refractivity contribution in [1.29, 1.82) is 0 Å². The second-order valence-electron chi connectivity index (χ2n) is 5.08. The van der Waals surface area contributed by atoms with Crippen LogP contribution >= 0.6 is 0 Å².